The molecule has 0 heterocycles. The summed E-state index contributed by atoms with van der Waals surface area (Å²) < 4.78 is 0. The van der Waals surface area contributed by atoms with Crippen LogP contribution in [-0.4, -0.2) is 16.3 Å². The van der Waals surface area contributed by atoms with Crippen LogP contribution in [0.3, 0.4) is 0 Å². The first kappa shape index (κ1) is 13.4. The molecule has 2 saturated carbocycles. The van der Waals surface area contributed by atoms with E-state index >= 15 is 0 Å². The number of aliphatic hydroxyl groups is 1. The predicted molar refractivity (Wildman–Crippen MR) is 84.1 cm³/mol. The molecular weight excluding hydrogens is 260 g/mol. The summed E-state index contributed by atoms with van der Waals surface area (Å²) in [5.74, 6) is 2.15. The standard InChI is InChI=1S/C19H24O2/c1-11-9-16-14(13-4-3-12(20)10-15(11)13)7-8-19(2)17(16)5-6-18(19)21/h3-4,10,14,16-18,20-21H,1,5-9H2,2H3/t14-,16-,17+,18+,19+/m1/s1. The Morgan fingerprint density at radius 3 is 2.86 bits per heavy atom. The van der Waals surface area contributed by atoms with Crippen LogP contribution in [0.25, 0.3) is 5.57 Å². The lowest BCUT2D eigenvalue weighted by atomic mass is 9.55. The van der Waals surface area contributed by atoms with Gasteiger partial charge >= 0.3 is 0 Å². The molecule has 1 aromatic rings. The fraction of sp³-hybridized carbons (Fsp3) is 0.579. The number of hydrogen-bond donors (Lipinski definition) is 2. The van der Waals surface area contributed by atoms with E-state index in [-0.39, 0.29) is 11.5 Å². The van der Waals surface area contributed by atoms with Gasteiger partial charge in [0.05, 0.1) is 6.10 Å². The third kappa shape index (κ3) is 1.75. The van der Waals surface area contributed by atoms with E-state index < -0.39 is 0 Å². The van der Waals surface area contributed by atoms with Crippen molar-refractivity contribution >= 4 is 5.57 Å². The minimum absolute atomic E-state index is 0.107. The molecule has 2 heteroatoms. The molecule has 0 saturated heterocycles. The van der Waals surface area contributed by atoms with Gasteiger partial charge in [-0.05, 0) is 84.1 Å². The highest BCUT2D eigenvalue weighted by molar-refractivity contribution is 5.70. The molecule has 0 bridgehead atoms. The lowest BCUT2D eigenvalue weighted by Crippen LogP contribution is -2.43. The zero-order valence-electron chi connectivity index (χ0n) is 12.7. The first-order valence-electron chi connectivity index (χ1n) is 8.20. The van der Waals surface area contributed by atoms with Crippen LogP contribution < -0.4 is 0 Å². The van der Waals surface area contributed by atoms with Crippen LogP contribution in [-0.2, 0) is 0 Å². The van der Waals surface area contributed by atoms with Crippen molar-refractivity contribution in [1.29, 1.82) is 0 Å². The van der Waals surface area contributed by atoms with E-state index in [1.54, 1.807) is 0 Å². The summed E-state index contributed by atoms with van der Waals surface area (Å²) >= 11 is 0. The Kier molecular flexibility index (Phi) is 2.78. The van der Waals surface area contributed by atoms with Crippen LogP contribution in [0.15, 0.2) is 24.8 Å². The number of aliphatic hydroxyl groups excluding tert-OH is 1. The lowest BCUT2D eigenvalue weighted by molar-refractivity contribution is -0.0183. The largest absolute Gasteiger partial charge is 0.508 e. The summed E-state index contributed by atoms with van der Waals surface area (Å²) in [6.07, 6.45) is 5.28. The quantitative estimate of drug-likeness (QED) is 0.753. The third-order valence-electron chi connectivity index (χ3n) is 6.69. The molecule has 4 rings (SSSR count). The number of benzene rings is 1. The van der Waals surface area contributed by atoms with Gasteiger partial charge in [-0.3, -0.25) is 0 Å². The van der Waals surface area contributed by atoms with Crippen molar-refractivity contribution in [3.63, 3.8) is 0 Å². The number of aromatic hydroxyl groups is 1. The highest BCUT2D eigenvalue weighted by Crippen LogP contribution is 2.62. The molecule has 3 aliphatic rings. The van der Waals surface area contributed by atoms with Crippen molar-refractivity contribution < 1.29 is 10.2 Å². The number of allylic oxidation sites excluding steroid dienone is 1. The van der Waals surface area contributed by atoms with Gasteiger partial charge in [-0.1, -0.05) is 19.6 Å². The minimum Gasteiger partial charge on any atom is -0.508 e. The lowest BCUT2D eigenvalue weighted by Gasteiger charge is -2.50. The molecule has 2 nitrogen and oxygen atoms in total. The monoisotopic (exact) mass is 284 g/mol. The number of hydrogen-bond acceptors (Lipinski definition) is 2. The zero-order chi connectivity index (χ0) is 14.8. The predicted octanol–water partition coefficient (Wildman–Crippen LogP) is 4.08. The van der Waals surface area contributed by atoms with E-state index in [9.17, 15) is 10.2 Å². The number of fused-ring (bicyclic) bond motifs is 5. The van der Waals surface area contributed by atoms with Gasteiger partial charge in [0.1, 0.15) is 5.75 Å². The molecule has 0 amide bonds. The van der Waals surface area contributed by atoms with Gasteiger partial charge in [0.25, 0.3) is 0 Å². The maximum atomic E-state index is 10.4. The second-order valence-corrected chi connectivity index (χ2v) is 7.59. The first-order chi connectivity index (χ1) is 10.0. The van der Waals surface area contributed by atoms with Gasteiger partial charge < -0.3 is 10.2 Å². The van der Waals surface area contributed by atoms with Crippen LogP contribution >= 0.6 is 0 Å². The Hall–Kier alpha value is -1.28. The first-order valence-corrected chi connectivity index (χ1v) is 8.20. The molecule has 5 atom stereocenters. The topological polar surface area (TPSA) is 40.5 Å². The van der Waals surface area contributed by atoms with Crippen LogP contribution in [0.2, 0.25) is 0 Å². The Labute approximate surface area is 126 Å². The number of phenols is 1. The van der Waals surface area contributed by atoms with Crippen molar-refractivity contribution in [2.24, 2.45) is 17.3 Å². The van der Waals surface area contributed by atoms with Crippen molar-refractivity contribution in [1.82, 2.24) is 0 Å². The van der Waals surface area contributed by atoms with E-state index in [2.05, 4.69) is 19.6 Å². The molecule has 0 radical (unpaired) electrons. The minimum atomic E-state index is -0.127. The highest BCUT2D eigenvalue weighted by Gasteiger charge is 2.54. The normalized spacial score (nSPS) is 41.3. The fourth-order valence-electron chi connectivity index (χ4n) is 5.50. The SMILES string of the molecule is C=C1C[C@@H]2[C@H](CC[C@]3(C)[C@@H](O)CC[C@@H]23)c2ccc(O)cc21. The third-order valence-corrected chi connectivity index (χ3v) is 6.69. The Bertz CT molecular complexity index is 606. The molecule has 0 aromatic heterocycles. The maximum Gasteiger partial charge on any atom is 0.116 e. The molecule has 0 unspecified atom stereocenters. The van der Waals surface area contributed by atoms with Gasteiger partial charge in [0.2, 0.25) is 0 Å². The average molecular weight is 284 g/mol. The molecule has 2 N–H and O–H groups in total. The summed E-state index contributed by atoms with van der Waals surface area (Å²) in [6, 6.07) is 5.79. The second kappa shape index (κ2) is 4.36. The van der Waals surface area contributed by atoms with Crippen LogP contribution in [0.5, 0.6) is 5.75 Å². The molecule has 0 spiro atoms. The summed E-state index contributed by atoms with van der Waals surface area (Å²) in [5, 5.41) is 20.2. The maximum absolute atomic E-state index is 10.4. The summed E-state index contributed by atoms with van der Waals surface area (Å²) in [5.41, 5.74) is 3.80. The Balaban J connectivity index is 1.77. The number of rotatable bonds is 0. The van der Waals surface area contributed by atoms with Crippen LogP contribution in [0.4, 0.5) is 0 Å². The van der Waals surface area contributed by atoms with E-state index in [1.165, 1.54) is 11.1 Å². The molecular formula is C19H24O2. The summed E-state index contributed by atoms with van der Waals surface area (Å²) in [4.78, 5) is 0. The zero-order valence-corrected chi connectivity index (χ0v) is 12.7. The summed E-state index contributed by atoms with van der Waals surface area (Å²) in [7, 11) is 0. The smallest absolute Gasteiger partial charge is 0.116 e. The molecule has 21 heavy (non-hydrogen) atoms. The van der Waals surface area contributed by atoms with Gasteiger partial charge in [-0.25, -0.2) is 0 Å². The van der Waals surface area contributed by atoms with E-state index in [1.807, 2.05) is 12.1 Å². The average Bonchev–Trinajstić information content (AvgIpc) is 2.76. The van der Waals surface area contributed by atoms with E-state index in [4.69, 9.17) is 0 Å². The fourth-order valence-corrected chi connectivity index (χ4v) is 5.50. The van der Waals surface area contributed by atoms with Crippen molar-refractivity contribution in [3.8, 4) is 5.75 Å². The summed E-state index contributed by atoms with van der Waals surface area (Å²) in [6.45, 7) is 6.56. The molecule has 0 aliphatic heterocycles. The van der Waals surface area contributed by atoms with Crippen LogP contribution in [0, 0.1) is 17.3 Å². The van der Waals surface area contributed by atoms with Gasteiger partial charge in [0, 0.05) is 0 Å². The van der Waals surface area contributed by atoms with Gasteiger partial charge in [0.15, 0.2) is 0 Å². The molecule has 2 fully saturated rings. The van der Waals surface area contributed by atoms with E-state index in [0.29, 0.717) is 23.5 Å². The van der Waals surface area contributed by atoms with Crippen LogP contribution in [0.1, 0.15) is 56.1 Å². The van der Waals surface area contributed by atoms with Crippen molar-refractivity contribution in [2.45, 2.75) is 51.0 Å². The van der Waals surface area contributed by atoms with Gasteiger partial charge in [-0.2, -0.15) is 0 Å². The van der Waals surface area contributed by atoms with Gasteiger partial charge in [-0.15, -0.1) is 0 Å². The Morgan fingerprint density at radius 2 is 2.05 bits per heavy atom. The molecule has 1 aromatic carbocycles. The molecule has 112 valence electrons. The Morgan fingerprint density at radius 1 is 1.24 bits per heavy atom. The highest BCUT2D eigenvalue weighted by atomic mass is 16.3. The molecule has 3 aliphatic carbocycles. The van der Waals surface area contributed by atoms with Crippen molar-refractivity contribution in [2.75, 3.05) is 0 Å². The van der Waals surface area contributed by atoms with Crippen molar-refractivity contribution in [3.05, 3.63) is 35.9 Å². The second-order valence-electron chi connectivity index (χ2n) is 7.59. The number of phenolic OH excluding ortho intramolecular Hbond substituents is 1. The van der Waals surface area contributed by atoms with E-state index in [0.717, 1.165) is 37.7 Å².